The molecule has 7 nitrogen and oxygen atoms in total. The molecule has 0 radical (unpaired) electrons. The summed E-state index contributed by atoms with van der Waals surface area (Å²) in [5.74, 6) is -0.186. The molecule has 1 heterocycles. The van der Waals surface area contributed by atoms with E-state index in [-0.39, 0.29) is 17.6 Å². The Morgan fingerprint density at radius 1 is 1.32 bits per heavy atom. The van der Waals surface area contributed by atoms with E-state index in [9.17, 15) is 9.59 Å². The molecule has 8 heteroatoms. The largest absolute Gasteiger partial charge is 0.481 e. The van der Waals surface area contributed by atoms with Crippen LogP contribution in [0.15, 0.2) is 24.3 Å². The molecule has 0 atom stereocenters. The Kier molecular flexibility index (Phi) is 5.26. The minimum absolute atomic E-state index is 0.00335. The molecule has 22 heavy (non-hydrogen) atoms. The Morgan fingerprint density at radius 3 is 2.59 bits per heavy atom. The Balaban J connectivity index is 1.90. The first-order valence-electron chi connectivity index (χ1n) is 6.79. The van der Waals surface area contributed by atoms with Gasteiger partial charge in [-0.15, -0.1) is 11.8 Å². The smallest absolute Gasteiger partial charge is 0.324 e. The molecule has 1 aliphatic rings. The fourth-order valence-electron chi connectivity index (χ4n) is 2.18. The third-order valence-electron chi connectivity index (χ3n) is 3.32. The van der Waals surface area contributed by atoms with Crippen molar-refractivity contribution in [2.45, 2.75) is 0 Å². The van der Waals surface area contributed by atoms with Gasteiger partial charge in [-0.05, 0) is 24.3 Å². The Bertz CT molecular complexity index is 576. The summed E-state index contributed by atoms with van der Waals surface area (Å²) in [4.78, 5) is 26.1. The van der Waals surface area contributed by atoms with Crippen LogP contribution >= 0.6 is 11.8 Å². The van der Waals surface area contributed by atoms with E-state index < -0.39 is 5.97 Å². The second kappa shape index (κ2) is 7.17. The molecule has 2 rings (SSSR count). The zero-order valence-electron chi connectivity index (χ0n) is 12.0. The highest BCUT2D eigenvalue weighted by atomic mass is 32.2. The van der Waals surface area contributed by atoms with Gasteiger partial charge in [0.2, 0.25) is 0 Å². The van der Waals surface area contributed by atoms with Crippen LogP contribution in [0.5, 0.6) is 0 Å². The first-order chi connectivity index (χ1) is 10.5. The van der Waals surface area contributed by atoms with E-state index in [1.165, 1.54) is 11.8 Å². The summed E-state index contributed by atoms with van der Waals surface area (Å²) in [5.41, 5.74) is 6.80. The number of carbonyl (C=O) groups is 2. The lowest BCUT2D eigenvalue weighted by molar-refractivity contribution is -0.133. The average Bonchev–Trinajstić information content (AvgIpc) is 2.85. The number of hydrogen-bond donors (Lipinski definition) is 3. The molecule has 1 fully saturated rings. The van der Waals surface area contributed by atoms with Crippen molar-refractivity contribution in [3.05, 3.63) is 29.8 Å². The minimum Gasteiger partial charge on any atom is -0.481 e. The van der Waals surface area contributed by atoms with Gasteiger partial charge in [0.1, 0.15) is 5.84 Å². The second-order valence-electron chi connectivity index (χ2n) is 4.83. The number of carboxylic acids is 1. The van der Waals surface area contributed by atoms with E-state index in [4.69, 9.17) is 16.2 Å². The van der Waals surface area contributed by atoms with E-state index in [1.54, 1.807) is 34.1 Å². The topological polar surface area (TPSA) is 111 Å². The zero-order valence-corrected chi connectivity index (χ0v) is 12.8. The number of rotatable bonds is 7. The van der Waals surface area contributed by atoms with Crippen molar-refractivity contribution >= 4 is 35.3 Å². The SMILES string of the molecule is N=C(N)c1ccc(N2CCN(CCSCC(=O)O)C2=O)cc1. The lowest BCUT2D eigenvalue weighted by Gasteiger charge is -2.18. The number of nitrogen functional groups attached to an aromatic ring is 1. The number of carbonyl (C=O) groups excluding carboxylic acids is 1. The van der Waals surface area contributed by atoms with Crippen molar-refractivity contribution in [1.82, 2.24) is 4.90 Å². The standard InChI is InChI=1S/C14H18N4O3S/c15-13(16)10-1-3-11(4-2-10)18-6-5-17(14(18)21)7-8-22-9-12(19)20/h1-4H,5-9H2,(H3,15,16)(H,19,20). The number of nitrogens with two attached hydrogens (primary N) is 1. The van der Waals surface area contributed by atoms with Crippen LogP contribution in [0.25, 0.3) is 0 Å². The monoisotopic (exact) mass is 322 g/mol. The number of aliphatic carboxylic acids is 1. The van der Waals surface area contributed by atoms with Gasteiger partial charge in [0.15, 0.2) is 0 Å². The Morgan fingerprint density at radius 2 is 2.00 bits per heavy atom. The van der Waals surface area contributed by atoms with Crippen LogP contribution in [-0.2, 0) is 4.79 Å². The highest BCUT2D eigenvalue weighted by molar-refractivity contribution is 7.99. The zero-order chi connectivity index (χ0) is 16.1. The van der Waals surface area contributed by atoms with Gasteiger partial charge in [-0.25, -0.2) is 4.79 Å². The summed E-state index contributed by atoms with van der Waals surface area (Å²) in [6, 6.07) is 6.91. The minimum atomic E-state index is -0.843. The van der Waals surface area contributed by atoms with Crippen LogP contribution in [0.2, 0.25) is 0 Å². The number of hydrogen-bond acceptors (Lipinski definition) is 4. The van der Waals surface area contributed by atoms with Crippen LogP contribution in [-0.4, -0.2) is 59.0 Å². The van der Waals surface area contributed by atoms with Crippen molar-refractivity contribution in [2.75, 3.05) is 36.0 Å². The first-order valence-corrected chi connectivity index (χ1v) is 7.95. The van der Waals surface area contributed by atoms with Crippen LogP contribution < -0.4 is 10.6 Å². The molecule has 0 aliphatic carbocycles. The number of anilines is 1. The maximum atomic E-state index is 12.3. The summed E-state index contributed by atoms with van der Waals surface area (Å²) in [6.45, 7) is 1.77. The summed E-state index contributed by atoms with van der Waals surface area (Å²) >= 11 is 1.30. The van der Waals surface area contributed by atoms with Crippen LogP contribution in [0.4, 0.5) is 10.5 Å². The third kappa shape index (κ3) is 3.91. The fraction of sp³-hybridized carbons (Fsp3) is 0.357. The van der Waals surface area contributed by atoms with Crippen molar-refractivity contribution in [3.8, 4) is 0 Å². The van der Waals surface area contributed by atoms with Gasteiger partial charge >= 0.3 is 12.0 Å². The van der Waals surface area contributed by atoms with Gasteiger partial charge in [0.25, 0.3) is 0 Å². The molecule has 1 saturated heterocycles. The van der Waals surface area contributed by atoms with Crippen molar-refractivity contribution in [1.29, 1.82) is 5.41 Å². The number of nitrogens with zero attached hydrogens (tertiary/aromatic N) is 2. The molecule has 0 bridgehead atoms. The molecule has 1 aromatic carbocycles. The predicted molar refractivity (Wildman–Crippen MR) is 86.7 cm³/mol. The van der Waals surface area contributed by atoms with E-state index in [2.05, 4.69) is 0 Å². The first kappa shape index (κ1) is 16.2. The molecule has 0 saturated carbocycles. The van der Waals surface area contributed by atoms with Gasteiger partial charge < -0.3 is 15.7 Å². The van der Waals surface area contributed by atoms with Gasteiger partial charge in [0, 0.05) is 36.6 Å². The quantitative estimate of drug-likeness (QED) is 0.394. The van der Waals surface area contributed by atoms with Gasteiger partial charge in [-0.1, -0.05) is 0 Å². The van der Waals surface area contributed by atoms with E-state index in [0.717, 1.165) is 5.69 Å². The second-order valence-corrected chi connectivity index (χ2v) is 5.93. The van der Waals surface area contributed by atoms with Crippen LogP contribution in [0, 0.1) is 5.41 Å². The number of amidine groups is 1. The molecule has 1 aliphatic heterocycles. The Hall–Kier alpha value is -2.22. The lowest BCUT2D eigenvalue weighted by Crippen LogP contribution is -2.33. The summed E-state index contributed by atoms with van der Waals surface area (Å²) in [5, 5.41) is 15.9. The maximum absolute atomic E-state index is 12.3. The van der Waals surface area contributed by atoms with E-state index in [0.29, 0.717) is 31.0 Å². The Labute approximate surface area is 132 Å². The molecular weight excluding hydrogens is 304 g/mol. The molecule has 0 aromatic heterocycles. The highest BCUT2D eigenvalue weighted by Crippen LogP contribution is 2.21. The predicted octanol–water partition coefficient (Wildman–Crippen LogP) is 1.03. The molecule has 0 spiro atoms. The molecule has 4 N–H and O–H groups in total. The van der Waals surface area contributed by atoms with Crippen molar-refractivity contribution in [2.24, 2.45) is 5.73 Å². The molecule has 2 amide bonds. The molecule has 118 valence electrons. The van der Waals surface area contributed by atoms with Crippen LogP contribution in [0.3, 0.4) is 0 Å². The van der Waals surface area contributed by atoms with E-state index >= 15 is 0 Å². The average molecular weight is 322 g/mol. The summed E-state index contributed by atoms with van der Waals surface area (Å²) in [6.07, 6.45) is 0. The molecule has 0 unspecified atom stereocenters. The van der Waals surface area contributed by atoms with Gasteiger partial charge in [-0.3, -0.25) is 15.1 Å². The number of benzene rings is 1. The number of carboxylic acid groups (broad SMARTS) is 1. The highest BCUT2D eigenvalue weighted by Gasteiger charge is 2.29. The number of amides is 2. The van der Waals surface area contributed by atoms with Crippen molar-refractivity contribution in [3.63, 3.8) is 0 Å². The molecule has 1 aromatic rings. The maximum Gasteiger partial charge on any atom is 0.324 e. The lowest BCUT2D eigenvalue weighted by atomic mass is 10.2. The summed E-state index contributed by atoms with van der Waals surface area (Å²) < 4.78 is 0. The number of nitrogens with one attached hydrogen (secondary N) is 1. The summed E-state index contributed by atoms with van der Waals surface area (Å²) in [7, 11) is 0. The van der Waals surface area contributed by atoms with Crippen LogP contribution in [0.1, 0.15) is 5.56 Å². The number of thioether (sulfide) groups is 1. The van der Waals surface area contributed by atoms with Gasteiger partial charge in [0.05, 0.1) is 5.75 Å². The fourth-order valence-corrected chi connectivity index (χ4v) is 2.85. The van der Waals surface area contributed by atoms with Gasteiger partial charge in [-0.2, -0.15) is 0 Å². The molecular formula is C14H18N4O3S. The number of urea groups is 1. The van der Waals surface area contributed by atoms with Crippen molar-refractivity contribution < 1.29 is 14.7 Å². The third-order valence-corrected chi connectivity index (χ3v) is 4.24. The normalized spacial score (nSPS) is 14.5. The van der Waals surface area contributed by atoms with E-state index in [1.807, 2.05) is 0 Å².